The van der Waals surface area contributed by atoms with Gasteiger partial charge < -0.3 is 10.2 Å². The molecule has 0 heterocycles. The van der Waals surface area contributed by atoms with Crippen molar-refractivity contribution in [2.75, 3.05) is 20.1 Å². The number of aryl methyl sites for hydroxylation is 2. The lowest BCUT2D eigenvalue weighted by Crippen LogP contribution is -2.53. The van der Waals surface area contributed by atoms with Crippen LogP contribution in [-0.4, -0.2) is 55.6 Å². The summed E-state index contributed by atoms with van der Waals surface area (Å²) in [5, 5.41) is 2.85. The Morgan fingerprint density at radius 3 is 1.97 bits per heavy atom. The molecule has 0 aliphatic carbocycles. The first kappa shape index (κ1) is 28.1. The van der Waals surface area contributed by atoms with Crippen LogP contribution in [0.1, 0.15) is 29.2 Å². The van der Waals surface area contributed by atoms with Crippen LogP contribution in [0.25, 0.3) is 0 Å². The van der Waals surface area contributed by atoms with Crippen LogP contribution in [0.4, 0.5) is 0 Å². The van der Waals surface area contributed by atoms with Gasteiger partial charge in [0.15, 0.2) is 0 Å². The first-order valence-electron chi connectivity index (χ1n) is 12.3. The van der Waals surface area contributed by atoms with Gasteiger partial charge in [0.1, 0.15) is 6.04 Å². The van der Waals surface area contributed by atoms with Crippen molar-refractivity contribution in [2.24, 2.45) is 0 Å². The van der Waals surface area contributed by atoms with Gasteiger partial charge in [0, 0.05) is 26.6 Å². The maximum absolute atomic E-state index is 13.7. The standard InChI is InChI=1S/C29H35N3O4S/c1-5-30-29(34)27(19-24-9-7-6-8-10-24)32(20-25-15-11-22(2)12-16-25)28(33)21-31(4)37(35,36)26-17-13-23(3)14-18-26/h6-18,27H,5,19-21H2,1-4H3,(H,30,34)/t27-/m0/s1. The van der Waals surface area contributed by atoms with E-state index < -0.39 is 28.5 Å². The average molecular weight is 522 g/mol. The van der Waals surface area contributed by atoms with E-state index in [2.05, 4.69) is 5.32 Å². The Hall–Kier alpha value is -3.49. The van der Waals surface area contributed by atoms with Crippen molar-refractivity contribution in [3.63, 3.8) is 0 Å². The van der Waals surface area contributed by atoms with Crippen LogP contribution >= 0.6 is 0 Å². The van der Waals surface area contributed by atoms with Crippen LogP contribution in [0.3, 0.4) is 0 Å². The number of nitrogens with one attached hydrogen (secondary N) is 1. The van der Waals surface area contributed by atoms with Gasteiger partial charge >= 0.3 is 0 Å². The van der Waals surface area contributed by atoms with Crippen LogP contribution in [0, 0.1) is 13.8 Å². The van der Waals surface area contributed by atoms with Gasteiger partial charge in [0.2, 0.25) is 21.8 Å². The first-order chi connectivity index (χ1) is 17.6. The molecule has 0 saturated heterocycles. The summed E-state index contributed by atoms with van der Waals surface area (Å²) in [6.45, 7) is 5.87. The Bertz CT molecular complexity index is 1290. The van der Waals surface area contributed by atoms with E-state index in [0.29, 0.717) is 13.0 Å². The van der Waals surface area contributed by atoms with E-state index in [9.17, 15) is 18.0 Å². The van der Waals surface area contributed by atoms with Gasteiger partial charge in [0.05, 0.1) is 11.4 Å². The summed E-state index contributed by atoms with van der Waals surface area (Å²) < 4.78 is 27.4. The van der Waals surface area contributed by atoms with E-state index in [1.165, 1.54) is 24.1 Å². The molecule has 3 rings (SSSR count). The van der Waals surface area contributed by atoms with Crippen LogP contribution in [0.15, 0.2) is 83.8 Å². The lowest BCUT2D eigenvalue weighted by Gasteiger charge is -2.32. The van der Waals surface area contributed by atoms with Gasteiger partial charge in [-0.3, -0.25) is 9.59 Å². The Balaban J connectivity index is 1.94. The molecule has 1 atom stereocenters. The molecule has 0 unspecified atom stereocenters. The Labute approximate surface area is 220 Å². The highest BCUT2D eigenvalue weighted by Crippen LogP contribution is 2.19. The summed E-state index contributed by atoms with van der Waals surface area (Å²) in [6, 6.07) is 22.9. The quantitative estimate of drug-likeness (QED) is 0.417. The summed E-state index contributed by atoms with van der Waals surface area (Å²) in [5.74, 6) is -0.734. The molecule has 196 valence electrons. The summed E-state index contributed by atoms with van der Waals surface area (Å²) in [5.41, 5.74) is 3.77. The van der Waals surface area contributed by atoms with Gasteiger partial charge in [-0.25, -0.2) is 8.42 Å². The second-order valence-corrected chi connectivity index (χ2v) is 11.2. The molecule has 2 amide bonds. The Morgan fingerprint density at radius 1 is 0.838 bits per heavy atom. The second kappa shape index (κ2) is 12.7. The molecule has 1 N–H and O–H groups in total. The number of likely N-dealkylation sites (N-methyl/N-ethyl adjacent to an activating group) is 2. The third-order valence-electron chi connectivity index (χ3n) is 6.18. The molecule has 0 saturated carbocycles. The fraction of sp³-hybridized carbons (Fsp3) is 0.310. The van der Waals surface area contributed by atoms with Crippen molar-refractivity contribution in [3.05, 3.63) is 101 Å². The Kier molecular flexibility index (Phi) is 9.60. The topological polar surface area (TPSA) is 86.8 Å². The third kappa shape index (κ3) is 7.50. The van der Waals surface area contributed by atoms with Gasteiger partial charge in [0.25, 0.3) is 0 Å². The number of hydrogen-bond donors (Lipinski definition) is 1. The molecular weight excluding hydrogens is 486 g/mol. The van der Waals surface area contributed by atoms with Gasteiger partial charge in [-0.15, -0.1) is 0 Å². The van der Waals surface area contributed by atoms with Gasteiger partial charge in [-0.2, -0.15) is 4.31 Å². The molecule has 0 bridgehead atoms. The molecular formula is C29H35N3O4S. The molecule has 0 radical (unpaired) electrons. The number of amides is 2. The molecule has 0 aliphatic heterocycles. The molecule has 0 aliphatic rings. The molecule has 0 spiro atoms. The second-order valence-electron chi connectivity index (χ2n) is 9.18. The maximum atomic E-state index is 13.7. The van der Waals surface area contributed by atoms with Crippen LogP contribution in [-0.2, 0) is 32.6 Å². The fourth-order valence-electron chi connectivity index (χ4n) is 3.99. The number of sulfonamides is 1. The molecule has 7 nitrogen and oxygen atoms in total. The summed E-state index contributed by atoms with van der Waals surface area (Å²) >= 11 is 0. The van der Waals surface area contributed by atoms with E-state index in [0.717, 1.165) is 26.6 Å². The van der Waals surface area contributed by atoms with Crippen molar-refractivity contribution in [3.8, 4) is 0 Å². The smallest absolute Gasteiger partial charge is 0.243 e. The SMILES string of the molecule is CCNC(=O)[C@H](Cc1ccccc1)N(Cc1ccc(C)cc1)C(=O)CN(C)S(=O)(=O)c1ccc(C)cc1. The van der Waals surface area contributed by atoms with Gasteiger partial charge in [-0.1, -0.05) is 77.9 Å². The predicted molar refractivity (Wildman–Crippen MR) is 145 cm³/mol. The molecule has 8 heteroatoms. The minimum absolute atomic E-state index is 0.114. The zero-order valence-electron chi connectivity index (χ0n) is 21.8. The lowest BCUT2D eigenvalue weighted by molar-refractivity contribution is -0.141. The largest absolute Gasteiger partial charge is 0.355 e. The van der Waals surface area contributed by atoms with Crippen molar-refractivity contribution in [1.82, 2.24) is 14.5 Å². The molecule has 3 aromatic rings. The fourth-order valence-corrected chi connectivity index (χ4v) is 5.11. The van der Waals surface area contributed by atoms with Crippen molar-refractivity contribution >= 4 is 21.8 Å². The summed E-state index contributed by atoms with van der Waals surface area (Å²) in [4.78, 5) is 28.6. The number of rotatable bonds is 11. The van der Waals surface area contributed by atoms with E-state index in [4.69, 9.17) is 0 Å². The highest BCUT2D eigenvalue weighted by molar-refractivity contribution is 7.89. The zero-order valence-corrected chi connectivity index (χ0v) is 22.7. The monoisotopic (exact) mass is 521 g/mol. The van der Waals surface area contributed by atoms with Crippen LogP contribution < -0.4 is 5.32 Å². The van der Waals surface area contributed by atoms with E-state index in [1.54, 1.807) is 12.1 Å². The normalized spacial score (nSPS) is 12.2. The number of hydrogen-bond acceptors (Lipinski definition) is 4. The van der Waals surface area contributed by atoms with Crippen LogP contribution in [0.5, 0.6) is 0 Å². The van der Waals surface area contributed by atoms with Crippen LogP contribution in [0.2, 0.25) is 0 Å². The van der Waals surface area contributed by atoms with Crippen molar-refractivity contribution in [2.45, 2.75) is 44.7 Å². The van der Waals surface area contributed by atoms with Crippen molar-refractivity contribution < 1.29 is 18.0 Å². The van der Waals surface area contributed by atoms with E-state index in [-0.39, 0.29) is 17.3 Å². The minimum Gasteiger partial charge on any atom is -0.355 e. The number of nitrogens with zero attached hydrogens (tertiary/aromatic N) is 2. The first-order valence-corrected chi connectivity index (χ1v) is 13.8. The summed E-state index contributed by atoms with van der Waals surface area (Å²) in [7, 11) is -2.51. The predicted octanol–water partition coefficient (Wildman–Crippen LogP) is 3.70. The molecule has 0 aromatic heterocycles. The van der Waals surface area contributed by atoms with Gasteiger partial charge in [-0.05, 0) is 44.0 Å². The summed E-state index contributed by atoms with van der Waals surface area (Å²) in [6.07, 6.45) is 0.304. The zero-order chi connectivity index (χ0) is 27.0. The van der Waals surface area contributed by atoms with Crippen molar-refractivity contribution in [1.29, 1.82) is 0 Å². The average Bonchev–Trinajstić information content (AvgIpc) is 2.88. The number of carbonyl (C=O) groups is 2. The number of carbonyl (C=O) groups excluding carboxylic acids is 2. The molecule has 0 fully saturated rings. The Morgan fingerprint density at radius 2 is 1.41 bits per heavy atom. The highest BCUT2D eigenvalue weighted by atomic mass is 32.2. The van der Waals surface area contributed by atoms with E-state index in [1.807, 2.05) is 75.4 Å². The number of benzene rings is 3. The molecule has 3 aromatic carbocycles. The van der Waals surface area contributed by atoms with E-state index >= 15 is 0 Å². The minimum atomic E-state index is -3.89. The maximum Gasteiger partial charge on any atom is 0.243 e. The highest BCUT2D eigenvalue weighted by Gasteiger charge is 2.32. The third-order valence-corrected chi connectivity index (χ3v) is 8.00. The lowest BCUT2D eigenvalue weighted by atomic mass is 10.0. The molecule has 37 heavy (non-hydrogen) atoms.